The number of rotatable bonds is 5. The highest BCUT2D eigenvalue weighted by Crippen LogP contribution is 2.15. The van der Waals surface area contributed by atoms with Crippen LogP contribution in [0.3, 0.4) is 0 Å². The van der Waals surface area contributed by atoms with Crippen molar-refractivity contribution in [2.45, 2.75) is 38.8 Å². The second-order valence-electron chi connectivity index (χ2n) is 4.75. The fourth-order valence-electron chi connectivity index (χ4n) is 2.21. The highest BCUT2D eigenvalue weighted by molar-refractivity contribution is 5.92. The zero-order chi connectivity index (χ0) is 13.7. The molecule has 0 saturated carbocycles. The van der Waals surface area contributed by atoms with Crippen molar-refractivity contribution in [3.63, 3.8) is 0 Å². The fourth-order valence-corrected chi connectivity index (χ4v) is 2.21. The normalized spacial score (nSPS) is 20.0. The van der Waals surface area contributed by atoms with Crippen LogP contribution < -0.4 is 10.6 Å². The topological polar surface area (TPSA) is 63.2 Å². The standard InChI is InChI=1S/C14H21N3O2/c1-3-15-13-8-4-6-11(17-13)14(18)16-10(2)12-7-5-9-19-12/h4,6,8,10,12H,3,5,7,9H2,1-2H3,(H,15,17)(H,16,18). The summed E-state index contributed by atoms with van der Waals surface area (Å²) in [7, 11) is 0. The summed E-state index contributed by atoms with van der Waals surface area (Å²) in [5.74, 6) is 0.572. The van der Waals surface area contributed by atoms with E-state index in [0.717, 1.165) is 31.8 Å². The molecule has 5 nitrogen and oxygen atoms in total. The van der Waals surface area contributed by atoms with E-state index in [0.29, 0.717) is 5.69 Å². The van der Waals surface area contributed by atoms with Crippen LogP contribution >= 0.6 is 0 Å². The average molecular weight is 263 g/mol. The third-order valence-corrected chi connectivity index (χ3v) is 3.22. The summed E-state index contributed by atoms with van der Waals surface area (Å²) >= 11 is 0. The lowest BCUT2D eigenvalue weighted by atomic mass is 10.1. The highest BCUT2D eigenvalue weighted by atomic mass is 16.5. The zero-order valence-electron chi connectivity index (χ0n) is 11.5. The summed E-state index contributed by atoms with van der Waals surface area (Å²) in [6, 6.07) is 5.42. The first-order chi connectivity index (χ1) is 9.20. The van der Waals surface area contributed by atoms with Gasteiger partial charge in [-0.2, -0.15) is 0 Å². The molecule has 104 valence electrons. The Morgan fingerprint density at radius 2 is 2.42 bits per heavy atom. The Labute approximate surface area is 113 Å². The maximum atomic E-state index is 12.1. The monoisotopic (exact) mass is 263 g/mol. The van der Waals surface area contributed by atoms with Gasteiger partial charge >= 0.3 is 0 Å². The number of nitrogens with one attached hydrogen (secondary N) is 2. The van der Waals surface area contributed by atoms with Gasteiger partial charge in [0, 0.05) is 13.2 Å². The minimum atomic E-state index is -0.150. The number of carbonyl (C=O) groups excluding carboxylic acids is 1. The molecule has 2 rings (SSSR count). The molecule has 1 aliphatic rings. The van der Waals surface area contributed by atoms with Crippen LogP contribution in [-0.4, -0.2) is 36.2 Å². The lowest BCUT2D eigenvalue weighted by Crippen LogP contribution is -2.41. The van der Waals surface area contributed by atoms with E-state index >= 15 is 0 Å². The molecule has 0 radical (unpaired) electrons. The van der Waals surface area contributed by atoms with Gasteiger partial charge in [-0.25, -0.2) is 4.98 Å². The minimum Gasteiger partial charge on any atom is -0.376 e. The van der Waals surface area contributed by atoms with Gasteiger partial charge in [-0.1, -0.05) is 6.07 Å². The van der Waals surface area contributed by atoms with Crippen molar-refractivity contribution in [2.24, 2.45) is 0 Å². The van der Waals surface area contributed by atoms with E-state index in [-0.39, 0.29) is 18.1 Å². The summed E-state index contributed by atoms with van der Waals surface area (Å²) < 4.78 is 5.57. The second-order valence-corrected chi connectivity index (χ2v) is 4.75. The Hall–Kier alpha value is -1.62. The first-order valence-electron chi connectivity index (χ1n) is 6.84. The molecule has 1 amide bonds. The molecule has 1 saturated heterocycles. The Morgan fingerprint density at radius 1 is 1.58 bits per heavy atom. The van der Waals surface area contributed by atoms with E-state index in [1.807, 2.05) is 26.0 Å². The largest absolute Gasteiger partial charge is 0.376 e. The maximum absolute atomic E-state index is 12.1. The quantitative estimate of drug-likeness (QED) is 0.850. The van der Waals surface area contributed by atoms with E-state index in [1.165, 1.54) is 0 Å². The lowest BCUT2D eigenvalue weighted by molar-refractivity contribution is 0.0709. The minimum absolute atomic E-state index is 0.0135. The molecule has 1 aromatic heterocycles. The summed E-state index contributed by atoms with van der Waals surface area (Å²) in [6.45, 7) is 5.54. The van der Waals surface area contributed by atoms with Gasteiger partial charge in [-0.15, -0.1) is 0 Å². The van der Waals surface area contributed by atoms with Gasteiger partial charge in [-0.05, 0) is 38.8 Å². The molecule has 1 fully saturated rings. The molecule has 1 aromatic rings. The first kappa shape index (κ1) is 13.8. The van der Waals surface area contributed by atoms with Gasteiger partial charge in [0.05, 0.1) is 12.1 Å². The summed E-state index contributed by atoms with van der Waals surface area (Å²) in [5.41, 5.74) is 0.434. The van der Waals surface area contributed by atoms with Gasteiger partial charge < -0.3 is 15.4 Å². The molecule has 2 atom stereocenters. The number of amides is 1. The van der Waals surface area contributed by atoms with Gasteiger partial charge in [-0.3, -0.25) is 4.79 Å². The summed E-state index contributed by atoms with van der Waals surface area (Å²) in [6.07, 6.45) is 2.20. The van der Waals surface area contributed by atoms with Crippen LogP contribution in [0, 0.1) is 0 Å². The summed E-state index contributed by atoms with van der Waals surface area (Å²) in [4.78, 5) is 16.4. The third kappa shape index (κ3) is 3.67. The fraction of sp³-hybridized carbons (Fsp3) is 0.571. The Kier molecular flexibility index (Phi) is 4.74. The number of ether oxygens (including phenoxy) is 1. The van der Waals surface area contributed by atoms with Crippen molar-refractivity contribution in [1.82, 2.24) is 10.3 Å². The molecule has 0 aliphatic carbocycles. The van der Waals surface area contributed by atoms with Gasteiger partial charge in [0.2, 0.25) is 0 Å². The van der Waals surface area contributed by atoms with Crippen molar-refractivity contribution in [2.75, 3.05) is 18.5 Å². The van der Waals surface area contributed by atoms with Crippen LogP contribution in [0.15, 0.2) is 18.2 Å². The number of anilines is 1. The summed E-state index contributed by atoms with van der Waals surface area (Å²) in [5, 5.41) is 6.05. The highest BCUT2D eigenvalue weighted by Gasteiger charge is 2.24. The predicted octanol–water partition coefficient (Wildman–Crippen LogP) is 1.81. The van der Waals surface area contributed by atoms with E-state index < -0.39 is 0 Å². The molecule has 5 heteroatoms. The van der Waals surface area contributed by atoms with Crippen molar-refractivity contribution in [3.8, 4) is 0 Å². The number of hydrogen-bond acceptors (Lipinski definition) is 4. The van der Waals surface area contributed by atoms with Crippen LogP contribution in [0.4, 0.5) is 5.82 Å². The smallest absolute Gasteiger partial charge is 0.270 e. The molecule has 19 heavy (non-hydrogen) atoms. The molecule has 2 N–H and O–H groups in total. The molecule has 0 spiro atoms. The molecule has 1 aliphatic heterocycles. The lowest BCUT2D eigenvalue weighted by Gasteiger charge is -2.19. The van der Waals surface area contributed by atoms with Crippen molar-refractivity contribution in [1.29, 1.82) is 0 Å². The average Bonchev–Trinajstić information content (AvgIpc) is 2.93. The molecule has 2 heterocycles. The number of nitrogens with zero attached hydrogens (tertiary/aromatic N) is 1. The molecule has 0 bridgehead atoms. The second kappa shape index (κ2) is 6.52. The molecular weight excluding hydrogens is 242 g/mol. The van der Waals surface area contributed by atoms with E-state index in [4.69, 9.17) is 4.74 Å². The number of pyridine rings is 1. The SMILES string of the molecule is CCNc1cccc(C(=O)NC(C)C2CCCO2)n1. The van der Waals surface area contributed by atoms with Gasteiger partial charge in [0.15, 0.2) is 0 Å². The van der Waals surface area contributed by atoms with Gasteiger partial charge in [0.25, 0.3) is 5.91 Å². The van der Waals surface area contributed by atoms with Crippen LogP contribution in [0.5, 0.6) is 0 Å². The van der Waals surface area contributed by atoms with E-state index in [2.05, 4.69) is 15.6 Å². The van der Waals surface area contributed by atoms with Crippen LogP contribution in [0.1, 0.15) is 37.2 Å². The predicted molar refractivity (Wildman–Crippen MR) is 74.3 cm³/mol. The number of aromatic nitrogens is 1. The Balaban J connectivity index is 1.96. The van der Waals surface area contributed by atoms with Gasteiger partial charge in [0.1, 0.15) is 11.5 Å². The van der Waals surface area contributed by atoms with Crippen LogP contribution in [0.2, 0.25) is 0 Å². The maximum Gasteiger partial charge on any atom is 0.270 e. The van der Waals surface area contributed by atoms with Crippen LogP contribution in [0.25, 0.3) is 0 Å². The van der Waals surface area contributed by atoms with Crippen molar-refractivity contribution in [3.05, 3.63) is 23.9 Å². The van der Waals surface area contributed by atoms with E-state index in [9.17, 15) is 4.79 Å². The molecule has 0 aromatic carbocycles. The molecular formula is C14H21N3O2. The number of carbonyl (C=O) groups is 1. The Bertz CT molecular complexity index is 430. The Morgan fingerprint density at radius 3 is 3.11 bits per heavy atom. The molecule has 2 unspecified atom stereocenters. The zero-order valence-corrected chi connectivity index (χ0v) is 11.5. The number of hydrogen-bond donors (Lipinski definition) is 2. The third-order valence-electron chi connectivity index (χ3n) is 3.22. The van der Waals surface area contributed by atoms with Crippen molar-refractivity contribution >= 4 is 11.7 Å². The van der Waals surface area contributed by atoms with Crippen LogP contribution in [-0.2, 0) is 4.74 Å². The van der Waals surface area contributed by atoms with Crippen molar-refractivity contribution < 1.29 is 9.53 Å². The van der Waals surface area contributed by atoms with E-state index in [1.54, 1.807) is 6.07 Å². The first-order valence-corrected chi connectivity index (χ1v) is 6.84.